The van der Waals surface area contributed by atoms with Gasteiger partial charge in [0.05, 0.1) is 0 Å². The number of hydrogen-bond donors (Lipinski definition) is 2. The van der Waals surface area contributed by atoms with E-state index in [1.165, 1.54) is 4.88 Å². The smallest absolute Gasteiger partial charge is 0.163 e. The van der Waals surface area contributed by atoms with Crippen molar-refractivity contribution >= 4 is 28.7 Å². The Bertz CT molecular complexity index is 278. The Balaban J connectivity index is 2.61. The molecule has 1 rings (SSSR count). The van der Waals surface area contributed by atoms with Gasteiger partial charge in [-0.25, -0.2) is 0 Å². The zero-order valence-corrected chi connectivity index (χ0v) is 9.47. The Morgan fingerprint density at radius 3 is 2.85 bits per heavy atom. The number of nitrogens with two attached hydrogens (primary N) is 1. The van der Waals surface area contributed by atoms with Gasteiger partial charge in [0.15, 0.2) is 5.11 Å². The second-order valence-electron chi connectivity index (χ2n) is 3.58. The molecule has 0 saturated carbocycles. The molecule has 4 heteroatoms. The van der Waals surface area contributed by atoms with Gasteiger partial charge in [-0.15, -0.1) is 11.3 Å². The van der Waals surface area contributed by atoms with Gasteiger partial charge in [0.1, 0.15) is 0 Å². The van der Waals surface area contributed by atoms with Crippen molar-refractivity contribution < 1.29 is 0 Å². The average Bonchev–Trinajstić information content (AvgIpc) is 2.53. The first kappa shape index (κ1) is 10.5. The minimum atomic E-state index is 0.0948. The Hall–Kier alpha value is -0.610. The van der Waals surface area contributed by atoms with Crippen LogP contribution in [0.25, 0.3) is 0 Å². The van der Waals surface area contributed by atoms with Gasteiger partial charge in [-0.05, 0) is 23.7 Å². The molecule has 0 spiro atoms. The summed E-state index contributed by atoms with van der Waals surface area (Å²) in [5.41, 5.74) is 5.47. The van der Waals surface area contributed by atoms with Crippen molar-refractivity contribution in [3.05, 3.63) is 22.4 Å². The lowest BCUT2D eigenvalue weighted by atomic mass is 9.91. The van der Waals surface area contributed by atoms with E-state index < -0.39 is 0 Å². The Labute approximate surface area is 88.1 Å². The minimum Gasteiger partial charge on any atom is -0.376 e. The predicted octanol–water partition coefficient (Wildman–Crippen LogP) is 1.86. The first-order chi connectivity index (χ1) is 6.02. The molecule has 0 radical (unpaired) electrons. The third-order valence-corrected chi connectivity index (χ3v) is 3.27. The standard InChI is InChI=1S/C9H14N2S2/c1-9(2,6-11-8(10)12)7-4-3-5-13-7/h3-5H,6H2,1-2H3,(H3,10,11,12). The van der Waals surface area contributed by atoms with Gasteiger partial charge in [-0.3, -0.25) is 0 Å². The molecule has 0 bridgehead atoms. The number of hydrogen-bond acceptors (Lipinski definition) is 2. The molecule has 1 aromatic heterocycles. The van der Waals surface area contributed by atoms with E-state index in [1.54, 1.807) is 11.3 Å². The van der Waals surface area contributed by atoms with Gasteiger partial charge in [-0.1, -0.05) is 19.9 Å². The van der Waals surface area contributed by atoms with Crippen LogP contribution in [-0.2, 0) is 5.41 Å². The molecule has 0 unspecified atom stereocenters. The summed E-state index contributed by atoms with van der Waals surface area (Å²) >= 11 is 6.52. The maximum atomic E-state index is 5.38. The number of rotatable bonds is 3. The molecule has 0 amide bonds. The van der Waals surface area contributed by atoms with Gasteiger partial charge in [-0.2, -0.15) is 0 Å². The Morgan fingerprint density at radius 2 is 2.38 bits per heavy atom. The van der Waals surface area contributed by atoms with Crippen molar-refractivity contribution in [3.8, 4) is 0 Å². The van der Waals surface area contributed by atoms with Gasteiger partial charge in [0.2, 0.25) is 0 Å². The van der Waals surface area contributed by atoms with Crippen LogP contribution in [0.3, 0.4) is 0 Å². The molecule has 0 aliphatic heterocycles. The highest BCUT2D eigenvalue weighted by Gasteiger charge is 2.21. The van der Waals surface area contributed by atoms with Crippen molar-refractivity contribution in [3.63, 3.8) is 0 Å². The highest BCUT2D eigenvalue weighted by Crippen LogP contribution is 2.26. The average molecular weight is 214 g/mol. The first-order valence-electron chi connectivity index (χ1n) is 4.10. The second-order valence-corrected chi connectivity index (χ2v) is 4.97. The van der Waals surface area contributed by atoms with Crippen LogP contribution in [0.2, 0.25) is 0 Å². The van der Waals surface area contributed by atoms with Crippen LogP contribution in [0.4, 0.5) is 0 Å². The van der Waals surface area contributed by atoms with E-state index in [1.807, 2.05) is 0 Å². The summed E-state index contributed by atoms with van der Waals surface area (Å²) in [6.07, 6.45) is 0. The third-order valence-electron chi connectivity index (χ3n) is 1.89. The van der Waals surface area contributed by atoms with Crippen molar-refractivity contribution in [2.24, 2.45) is 5.73 Å². The summed E-state index contributed by atoms with van der Waals surface area (Å²) in [4.78, 5) is 1.34. The summed E-state index contributed by atoms with van der Waals surface area (Å²) in [5, 5.41) is 5.44. The van der Waals surface area contributed by atoms with Gasteiger partial charge < -0.3 is 11.1 Å². The van der Waals surface area contributed by atoms with E-state index in [9.17, 15) is 0 Å². The van der Waals surface area contributed by atoms with Gasteiger partial charge >= 0.3 is 0 Å². The maximum absolute atomic E-state index is 5.38. The maximum Gasteiger partial charge on any atom is 0.163 e. The fraction of sp³-hybridized carbons (Fsp3) is 0.444. The molecule has 3 N–H and O–H groups in total. The molecule has 1 heterocycles. The zero-order valence-electron chi connectivity index (χ0n) is 7.83. The quantitative estimate of drug-likeness (QED) is 0.754. The lowest BCUT2D eigenvalue weighted by molar-refractivity contribution is 0.524. The summed E-state index contributed by atoms with van der Waals surface area (Å²) in [7, 11) is 0. The van der Waals surface area contributed by atoms with Gasteiger partial charge in [0, 0.05) is 16.8 Å². The molecular formula is C9H14N2S2. The molecule has 0 aliphatic rings. The largest absolute Gasteiger partial charge is 0.376 e. The topological polar surface area (TPSA) is 38.0 Å². The van der Waals surface area contributed by atoms with Crippen molar-refractivity contribution in [2.45, 2.75) is 19.3 Å². The Morgan fingerprint density at radius 1 is 1.69 bits per heavy atom. The van der Waals surface area contributed by atoms with E-state index in [2.05, 4.69) is 36.7 Å². The molecule has 0 aromatic carbocycles. The lowest BCUT2D eigenvalue weighted by Gasteiger charge is -2.23. The van der Waals surface area contributed by atoms with Crippen LogP contribution >= 0.6 is 23.6 Å². The summed E-state index contributed by atoms with van der Waals surface area (Å²) in [6.45, 7) is 5.12. The van der Waals surface area contributed by atoms with Crippen LogP contribution in [0.1, 0.15) is 18.7 Å². The van der Waals surface area contributed by atoms with Crippen LogP contribution in [0.15, 0.2) is 17.5 Å². The minimum absolute atomic E-state index is 0.0948. The van der Waals surface area contributed by atoms with Crippen LogP contribution in [0.5, 0.6) is 0 Å². The molecule has 2 nitrogen and oxygen atoms in total. The monoisotopic (exact) mass is 214 g/mol. The summed E-state index contributed by atoms with van der Waals surface area (Å²) < 4.78 is 0. The molecule has 0 fully saturated rings. The Kier molecular flexibility index (Phi) is 3.27. The van der Waals surface area contributed by atoms with Crippen LogP contribution < -0.4 is 11.1 Å². The van der Waals surface area contributed by atoms with Crippen LogP contribution in [-0.4, -0.2) is 11.7 Å². The molecule has 72 valence electrons. The summed E-state index contributed by atoms with van der Waals surface area (Å²) in [6, 6.07) is 4.19. The van der Waals surface area contributed by atoms with E-state index in [0.29, 0.717) is 5.11 Å². The van der Waals surface area contributed by atoms with Crippen molar-refractivity contribution in [1.29, 1.82) is 0 Å². The van der Waals surface area contributed by atoms with Crippen LogP contribution in [0, 0.1) is 0 Å². The summed E-state index contributed by atoms with van der Waals surface area (Å²) in [5.74, 6) is 0. The van der Waals surface area contributed by atoms with Crippen molar-refractivity contribution in [1.82, 2.24) is 5.32 Å². The lowest BCUT2D eigenvalue weighted by Crippen LogP contribution is -2.38. The van der Waals surface area contributed by atoms with E-state index in [0.717, 1.165) is 6.54 Å². The fourth-order valence-electron chi connectivity index (χ4n) is 1.06. The second kappa shape index (κ2) is 4.07. The predicted molar refractivity (Wildman–Crippen MR) is 62.1 cm³/mol. The molecule has 0 aliphatic carbocycles. The SMILES string of the molecule is CC(C)(CNC(N)=S)c1cccs1. The van der Waals surface area contributed by atoms with Crippen molar-refractivity contribution in [2.75, 3.05) is 6.54 Å². The molecule has 0 atom stereocenters. The molecule has 1 aromatic rings. The number of nitrogens with one attached hydrogen (secondary N) is 1. The zero-order chi connectivity index (χ0) is 9.90. The third kappa shape index (κ3) is 2.97. The highest BCUT2D eigenvalue weighted by molar-refractivity contribution is 7.80. The molecule has 13 heavy (non-hydrogen) atoms. The van der Waals surface area contributed by atoms with E-state index >= 15 is 0 Å². The molecule has 0 saturated heterocycles. The fourth-order valence-corrected chi connectivity index (χ4v) is 1.98. The normalized spacial score (nSPS) is 11.2. The first-order valence-corrected chi connectivity index (χ1v) is 5.38. The van der Waals surface area contributed by atoms with E-state index in [4.69, 9.17) is 18.0 Å². The number of thiocarbonyl (C=S) groups is 1. The van der Waals surface area contributed by atoms with Gasteiger partial charge in [0.25, 0.3) is 0 Å². The highest BCUT2D eigenvalue weighted by atomic mass is 32.1. The number of thiophene rings is 1. The van der Waals surface area contributed by atoms with E-state index in [-0.39, 0.29) is 5.41 Å². The molecular weight excluding hydrogens is 200 g/mol.